The van der Waals surface area contributed by atoms with Crippen LogP contribution in [0.25, 0.3) is 0 Å². The van der Waals surface area contributed by atoms with Crippen LogP contribution in [0, 0.1) is 6.61 Å². The number of nitrogens with zero attached hydrogens (tertiary/aromatic N) is 1. The van der Waals surface area contributed by atoms with Gasteiger partial charge in [0.1, 0.15) is 0 Å². The van der Waals surface area contributed by atoms with Gasteiger partial charge in [0.15, 0.2) is 0 Å². The van der Waals surface area contributed by atoms with Gasteiger partial charge in [0.2, 0.25) is 0 Å². The predicted molar refractivity (Wildman–Crippen MR) is 110 cm³/mol. The van der Waals surface area contributed by atoms with Crippen LogP contribution in [0.3, 0.4) is 0 Å². The molecule has 0 spiro atoms. The van der Waals surface area contributed by atoms with Crippen molar-refractivity contribution in [1.29, 1.82) is 0 Å². The van der Waals surface area contributed by atoms with Gasteiger partial charge in [0, 0.05) is 52.1 Å². The molecule has 0 radical (unpaired) electrons. The van der Waals surface area contributed by atoms with Crippen LogP contribution in [0.5, 0.6) is 0 Å². The van der Waals surface area contributed by atoms with Gasteiger partial charge in [0.05, 0.1) is 0 Å². The summed E-state index contributed by atoms with van der Waals surface area (Å²) in [5.74, 6) is 0. The van der Waals surface area contributed by atoms with Crippen LogP contribution in [0.15, 0.2) is 12.2 Å². The molecule has 0 saturated heterocycles. The molecular weight excluding hydrogens is 382 g/mol. The fourth-order valence-electron chi connectivity index (χ4n) is 1.25. The minimum absolute atomic E-state index is 0. The molecule has 0 fully saturated rings. The monoisotopic (exact) mass is 426 g/mol. The van der Waals surface area contributed by atoms with Crippen LogP contribution in [0.2, 0.25) is 0 Å². The number of rotatable bonds is 4. The first-order valence-electron chi connectivity index (χ1n) is 9.18. The second kappa shape index (κ2) is 25.5. The van der Waals surface area contributed by atoms with Crippen molar-refractivity contribution in [3.05, 3.63) is 18.8 Å². The normalized spacial score (nSPS) is 9.74. The van der Waals surface area contributed by atoms with Gasteiger partial charge in [-0.3, -0.25) is 0 Å². The first kappa shape index (κ1) is 37.3. The molecule has 0 aromatic heterocycles. The van der Waals surface area contributed by atoms with Crippen molar-refractivity contribution in [3.8, 4) is 0 Å². The molecule has 0 heterocycles. The maximum Gasteiger partial charge on any atom is 0.397 e. The van der Waals surface area contributed by atoms with E-state index < -0.39 is 0 Å². The number of carbonyl (C=O) groups is 1. The summed E-state index contributed by atoms with van der Waals surface area (Å²) in [7, 11) is 0. The first-order chi connectivity index (χ1) is 11.7. The van der Waals surface area contributed by atoms with E-state index in [1.54, 1.807) is 52.5 Å². The van der Waals surface area contributed by atoms with Gasteiger partial charge < -0.3 is 25.0 Å². The number of aliphatic hydroxyl groups excluding tert-OH is 3. The van der Waals surface area contributed by atoms with Gasteiger partial charge >= 0.3 is 6.09 Å². The molecule has 27 heavy (non-hydrogen) atoms. The Morgan fingerprint density at radius 3 is 1.26 bits per heavy atom. The zero-order chi connectivity index (χ0) is 21.9. The van der Waals surface area contributed by atoms with Crippen molar-refractivity contribution in [2.75, 3.05) is 0 Å². The van der Waals surface area contributed by atoms with Crippen molar-refractivity contribution in [2.24, 2.45) is 0 Å². The van der Waals surface area contributed by atoms with Crippen molar-refractivity contribution in [2.45, 2.75) is 107 Å². The van der Waals surface area contributed by atoms with E-state index in [9.17, 15) is 4.79 Å². The van der Waals surface area contributed by atoms with Crippen LogP contribution in [-0.4, -0.2) is 56.7 Å². The summed E-state index contributed by atoms with van der Waals surface area (Å²) in [4.78, 5) is 13.2. The van der Waals surface area contributed by atoms with E-state index in [1.807, 2.05) is 40.7 Å². The second-order valence-electron chi connectivity index (χ2n) is 6.92. The van der Waals surface area contributed by atoms with Crippen LogP contribution in [-0.2, 0) is 26.5 Å². The summed E-state index contributed by atoms with van der Waals surface area (Å²) in [5.41, 5.74) is 0. The Bertz CT molecular complexity index is 289. The number of hydrogen-bond donors (Lipinski definition) is 3. The summed E-state index contributed by atoms with van der Waals surface area (Å²) in [6, 6.07) is 0.308. The molecule has 0 unspecified atom stereocenters. The standard InChI is InChI=1S/C11H20NO2.3C3H8O.Ti/c1-6-7-8-14-11(13)12(9(2)3)10(4)5;3*1-3(2)4;/h6-10H,1-5H3;3*3-4H,1-2H3;/q-1;;;;/b7-6+;;;;. The predicted octanol–water partition coefficient (Wildman–Crippen LogP) is 4.14. The fraction of sp³-hybridized carbons (Fsp3) is 0.800. The number of aliphatic hydroxyl groups is 3. The average molecular weight is 426 g/mol. The molecule has 1 amide bonds. The van der Waals surface area contributed by atoms with Gasteiger partial charge in [-0.15, -0.1) is 6.92 Å². The van der Waals surface area contributed by atoms with Gasteiger partial charge in [0.25, 0.3) is 0 Å². The minimum atomic E-state index is -0.298. The number of amides is 1. The molecule has 0 aromatic rings. The van der Waals surface area contributed by atoms with Crippen LogP contribution in [0.4, 0.5) is 4.79 Å². The molecule has 7 heteroatoms. The Morgan fingerprint density at radius 2 is 1.07 bits per heavy atom. The summed E-state index contributed by atoms with van der Waals surface area (Å²) in [6.45, 7) is 21.5. The van der Waals surface area contributed by atoms with Crippen molar-refractivity contribution in [3.63, 3.8) is 0 Å². The van der Waals surface area contributed by atoms with E-state index in [4.69, 9.17) is 20.1 Å². The Labute approximate surface area is 182 Å². The zero-order valence-electron chi connectivity index (χ0n) is 19.2. The van der Waals surface area contributed by atoms with E-state index in [1.165, 1.54) is 6.61 Å². The molecule has 6 nitrogen and oxygen atoms in total. The molecule has 0 aliphatic carbocycles. The molecule has 0 aliphatic heterocycles. The van der Waals surface area contributed by atoms with Crippen molar-refractivity contribution in [1.82, 2.24) is 4.90 Å². The number of hydrogen-bond acceptors (Lipinski definition) is 5. The summed E-state index contributed by atoms with van der Waals surface area (Å²) in [5, 5.41) is 24.2. The molecule has 0 aromatic carbocycles. The third kappa shape index (κ3) is 51.7. The molecule has 164 valence electrons. The maximum absolute atomic E-state index is 11.5. The van der Waals surface area contributed by atoms with Crippen LogP contribution in [0.1, 0.15) is 76.2 Å². The number of carbonyl (C=O) groups excluding carboxylic acids is 1. The second-order valence-corrected chi connectivity index (χ2v) is 6.92. The Balaban J connectivity index is -0.000000102. The molecule has 0 bridgehead atoms. The molecule has 0 saturated carbocycles. The smallest absolute Gasteiger partial charge is 0.397 e. The fourth-order valence-corrected chi connectivity index (χ4v) is 1.25. The maximum atomic E-state index is 11.5. The van der Waals surface area contributed by atoms with Crippen molar-refractivity contribution >= 4 is 6.09 Å². The van der Waals surface area contributed by atoms with Gasteiger partial charge in [-0.1, -0.05) is 6.61 Å². The molecule has 3 N–H and O–H groups in total. The largest absolute Gasteiger partial charge is 0.511 e. The number of ether oxygens (including phenoxy) is 1. The Hall–Kier alpha value is -0.526. The quantitative estimate of drug-likeness (QED) is 0.464. The molecular formula is C20H44NO5Ti-. The Kier molecular flexibility index (Phi) is 35.2. The van der Waals surface area contributed by atoms with E-state index in [-0.39, 0.29) is 58.2 Å². The summed E-state index contributed by atoms with van der Waals surface area (Å²) < 4.78 is 4.94. The SMILES string of the molecule is C/C=C/[CH-]OC(=O)N(C(C)C)C(C)C.CC(C)O.CC(C)O.CC(C)O.[Ti]. The third-order valence-electron chi connectivity index (χ3n) is 1.76. The van der Waals surface area contributed by atoms with Crippen LogP contribution < -0.4 is 0 Å². The van der Waals surface area contributed by atoms with E-state index in [2.05, 4.69) is 0 Å². The van der Waals surface area contributed by atoms with E-state index in [0.29, 0.717) is 0 Å². The van der Waals surface area contributed by atoms with Gasteiger partial charge in [-0.2, -0.15) is 6.08 Å². The minimum Gasteiger partial charge on any atom is -0.511 e. The third-order valence-corrected chi connectivity index (χ3v) is 1.76. The molecule has 0 rings (SSSR count). The van der Waals surface area contributed by atoms with E-state index in [0.717, 1.165) is 0 Å². The van der Waals surface area contributed by atoms with Crippen LogP contribution >= 0.6 is 0 Å². The van der Waals surface area contributed by atoms with Gasteiger partial charge in [-0.05, 0) is 69.2 Å². The van der Waals surface area contributed by atoms with Gasteiger partial charge in [-0.25, -0.2) is 10.9 Å². The Morgan fingerprint density at radius 1 is 0.815 bits per heavy atom. The zero-order valence-corrected chi connectivity index (χ0v) is 20.8. The summed E-state index contributed by atoms with van der Waals surface area (Å²) >= 11 is 0. The molecule has 0 atom stereocenters. The molecule has 0 aliphatic rings. The topological polar surface area (TPSA) is 90.2 Å². The van der Waals surface area contributed by atoms with E-state index >= 15 is 0 Å². The number of allylic oxidation sites excluding steroid dienone is 1. The average Bonchev–Trinajstić information content (AvgIpc) is 2.35. The summed E-state index contributed by atoms with van der Waals surface area (Å²) in [6.07, 6.45) is 2.70. The van der Waals surface area contributed by atoms with Crippen molar-refractivity contribution < 1.29 is 46.6 Å². The first-order valence-corrected chi connectivity index (χ1v) is 9.18.